The molecule has 4 aromatic rings. The van der Waals surface area contributed by atoms with Gasteiger partial charge in [0.15, 0.2) is 0 Å². The molecule has 8 nitrogen and oxygen atoms in total. The zero-order valence-electron chi connectivity index (χ0n) is 21.9. The molecule has 0 saturated carbocycles. The number of benzene rings is 3. The lowest BCUT2D eigenvalue weighted by molar-refractivity contribution is -0.108. The highest BCUT2D eigenvalue weighted by Crippen LogP contribution is 2.36. The average Bonchev–Trinajstić information content (AvgIpc) is 3.55. The van der Waals surface area contributed by atoms with Gasteiger partial charge in [0.05, 0.1) is 17.5 Å². The Bertz CT molecular complexity index is 1600. The molecule has 1 atom stereocenters. The highest BCUT2D eigenvalue weighted by atomic mass is 32.2. The number of carbonyl (C=O) groups is 2. The summed E-state index contributed by atoms with van der Waals surface area (Å²) in [5.41, 5.74) is 2.91. The second kappa shape index (κ2) is 11.0. The summed E-state index contributed by atoms with van der Waals surface area (Å²) >= 11 is 0. The number of aromatic nitrogens is 1. The summed E-state index contributed by atoms with van der Waals surface area (Å²) in [6.07, 6.45) is 3.39. The molecule has 0 bridgehead atoms. The van der Waals surface area contributed by atoms with Crippen molar-refractivity contribution in [2.24, 2.45) is 0 Å². The van der Waals surface area contributed by atoms with Crippen LogP contribution in [0, 0.1) is 0 Å². The van der Waals surface area contributed by atoms with Gasteiger partial charge in [0.1, 0.15) is 12.0 Å². The Morgan fingerprint density at radius 1 is 1.08 bits per heavy atom. The van der Waals surface area contributed by atoms with Crippen LogP contribution in [0.15, 0.2) is 83.9 Å². The maximum Gasteiger partial charge on any atom is 0.255 e. The third kappa shape index (κ3) is 5.60. The molecule has 1 amide bonds. The lowest BCUT2D eigenvalue weighted by Gasteiger charge is -2.17. The Morgan fingerprint density at radius 2 is 1.82 bits per heavy atom. The van der Waals surface area contributed by atoms with Crippen LogP contribution in [0.2, 0.25) is 0 Å². The van der Waals surface area contributed by atoms with Gasteiger partial charge in [-0.2, -0.15) is 4.31 Å². The number of ether oxygens (including phenoxy) is 1. The molecule has 1 saturated heterocycles. The van der Waals surface area contributed by atoms with Gasteiger partial charge in [-0.25, -0.2) is 8.42 Å². The molecule has 1 unspecified atom stereocenters. The topological polar surface area (TPSA) is 97.7 Å². The van der Waals surface area contributed by atoms with Gasteiger partial charge in [-0.3, -0.25) is 4.79 Å². The van der Waals surface area contributed by atoms with Gasteiger partial charge in [0, 0.05) is 47.4 Å². The maximum atomic E-state index is 13.4. The average molecular weight is 546 g/mol. The molecule has 1 N–H and O–H groups in total. The number of nitrogens with zero attached hydrogens (tertiary/aromatic N) is 2. The second-order valence-corrected chi connectivity index (χ2v) is 11.9. The van der Waals surface area contributed by atoms with E-state index in [2.05, 4.69) is 5.32 Å². The molecule has 0 aliphatic carbocycles. The van der Waals surface area contributed by atoms with E-state index in [1.807, 2.05) is 61.0 Å². The van der Waals surface area contributed by atoms with Crippen LogP contribution in [0.4, 0.5) is 5.69 Å². The van der Waals surface area contributed by atoms with Crippen LogP contribution in [0.5, 0.6) is 5.75 Å². The van der Waals surface area contributed by atoms with E-state index in [1.165, 1.54) is 4.31 Å². The number of fused-ring (bicyclic) bond motifs is 1. The van der Waals surface area contributed by atoms with Crippen LogP contribution in [-0.2, 0) is 21.4 Å². The zero-order valence-corrected chi connectivity index (χ0v) is 22.7. The Kier molecular flexibility index (Phi) is 7.54. The smallest absolute Gasteiger partial charge is 0.255 e. The third-order valence-electron chi connectivity index (χ3n) is 6.90. The number of rotatable bonds is 9. The van der Waals surface area contributed by atoms with Crippen molar-refractivity contribution in [1.29, 1.82) is 0 Å². The van der Waals surface area contributed by atoms with Gasteiger partial charge in [0.2, 0.25) is 10.0 Å². The monoisotopic (exact) mass is 545 g/mol. The summed E-state index contributed by atoms with van der Waals surface area (Å²) in [7, 11) is -3.67. The lowest BCUT2D eigenvalue weighted by Crippen LogP contribution is -2.28. The first kappa shape index (κ1) is 26.6. The number of carbonyl (C=O) groups excluding carboxylic acids is 2. The number of aldehydes is 1. The Morgan fingerprint density at radius 3 is 2.51 bits per heavy atom. The summed E-state index contributed by atoms with van der Waals surface area (Å²) in [6.45, 7) is 4.71. The molecule has 1 aromatic heterocycles. The molecule has 202 valence electrons. The summed E-state index contributed by atoms with van der Waals surface area (Å²) in [5.74, 6) is 0.345. The van der Waals surface area contributed by atoms with Gasteiger partial charge in [0.25, 0.3) is 5.91 Å². The Labute approximate surface area is 228 Å². The predicted octanol–water partition coefficient (Wildman–Crippen LogP) is 5.06. The minimum Gasteiger partial charge on any atom is -0.491 e. The molecule has 1 aliphatic rings. The van der Waals surface area contributed by atoms with Crippen LogP contribution >= 0.6 is 0 Å². The van der Waals surface area contributed by atoms with Crippen molar-refractivity contribution in [3.05, 3.63) is 90.1 Å². The molecular weight excluding hydrogens is 514 g/mol. The van der Waals surface area contributed by atoms with E-state index in [0.717, 1.165) is 22.8 Å². The summed E-state index contributed by atoms with van der Waals surface area (Å²) in [4.78, 5) is 24.5. The second-order valence-electron chi connectivity index (χ2n) is 9.94. The van der Waals surface area contributed by atoms with Crippen LogP contribution in [0.25, 0.3) is 10.9 Å². The van der Waals surface area contributed by atoms with E-state index in [0.29, 0.717) is 36.5 Å². The Balaban J connectivity index is 1.38. The van der Waals surface area contributed by atoms with Crippen molar-refractivity contribution in [3.8, 4) is 5.75 Å². The van der Waals surface area contributed by atoms with Gasteiger partial charge >= 0.3 is 0 Å². The number of sulfonamides is 1. The van der Waals surface area contributed by atoms with E-state index in [-0.39, 0.29) is 29.4 Å². The van der Waals surface area contributed by atoms with Crippen LogP contribution < -0.4 is 10.1 Å². The number of para-hydroxylation sites is 1. The molecule has 9 heteroatoms. The first-order valence-corrected chi connectivity index (χ1v) is 14.4. The highest BCUT2D eigenvalue weighted by molar-refractivity contribution is 7.89. The number of amides is 1. The normalized spacial score (nSPS) is 16.0. The summed E-state index contributed by atoms with van der Waals surface area (Å²) < 4.78 is 35.7. The first-order chi connectivity index (χ1) is 18.8. The predicted molar refractivity (Wildman–Crippen MR) is 151 cm³/mol. The molecule has 1 aliphatic heterocycles. The SMILES string of the molecule is CC(C)Oc1ccc(S(=O)(=O)N2CCC(c3cn(CC=O)c4cc(C(=O)Nc5ccccc5)ccc34)C2)cc1. The molecular formula is C30H31N3O5S. The van der Waals surface area contributed by atoms with Gasteiger partial charge in [-0.05, 0) is 74.4 Å². The van der Waals surface area contributed by atoms with E-state index in [4.69, 9.17) is 4.74 Å². The Hall–Kier alpha value is -3.95. The van der Waals surface area contributed by atoms with Crippen molar-refractivity contribution in [3.63, 3.8) is 0 Å². The molecule has 2 heterocycles. The van der Waals surface area contributed by atoms with Crippen molar-refractivity contribution in [2.75, 3.05) is 18.4 Å². The number of anilines is 1. The highest BCUT2D eigenvalue weighted by Gasteiger charge is 2.34. The van der Waals surface area contributed by atoms with Crippen molar-refractivity contribution >= 4 is 38.8 Å². The van der Waals surface area contributed by atoms with Gasteiger partial charge in [-0.1, -0.05) is 24.3 Å². The molecule has 3 aromatic carbocycles. The van der Waals surface area contributed by atoms with Gasteiger partial charge < -0.3 is 19.4 Å². The fraction of sp³-hybridized carbons (Fsp3) is 0.267. The molecule has 5 rings (SSSR count). The maximum absolute atomic E-state index is 13.4. The summed E-state index contributed by atoms with van der Waals surface area (Å²) in [6, 6.07) is 21.2. The first-order valence-electron chi connectivity index (χ1n) is 13.0. The van der Waals surface area contributed by atoms with Crippen LogP contribution in [0.1, 0.15) is 42.1 Å². The lowest BCUT2D eigenvalue weighted by atomic mass is 9.97. The zero-order chi connectivity index (χ0) is 27.6. The standard InChI is InChI=1S/C30H31N3O5S/c1-21(2)38-25-9-11-26(12-10-25)39(36,37)33-15-14-23(19-33)28-20-32(16-17-34)29-18-22(8-13-27(28)29)30(35)31-24-6-4-3-5-7-24/h3-13,17-18,20-21,23H,14-16,19H2,1-2H3,(H,31,35). The molecule has 0 radical (unpaired) electrons. The van der Waals surface area contributed by atoms with E-state index >= 15 is 0 Å². The molecule has 0 spiro atoms. The van der Waals surface area contributed by atoms with Crippen molar-refractivity contribution in [1.82, 2.24) is 8.87 Å². The minimum absolute atomic E-state index is 0.00228. The third-order valence-corrected chi connectivity index (χ3v) is 8.78. The van der Waals surface area contributed by atoms with Gasteiger partial charge in [-0.15, -0.1) is 0 Å². The quantitative estimate of drug-likeness (QED) is 0.297. The fourth-order valence-corrected chi connectivity index (χ4v) is 6.55. The van der Waals surface area contributed by atoms with E-state index in [9.17, 15) is 18.0 Å². The van der Waals surface area contributed by atoms with Crippen molar-refractivity contribution in [2.45, 2.75) is 43.7 Å². The number of hydrogen-bond donors (Lipinski definition) is 1. The number of nitrogens with one attached hydrogen (secondary N) is 1. The largest absolute Gasteiger partial charge is 0.491 e. The molecule has 1 fully saturated rings. The number of hydrogen-bond acceptors (Lipinski definition) is 5. The summed E-state index contributed by atoms with van der Waals surface area (Å²) in [5, 5.41) is 3.80. The van der Waals surface area contributed by atoms with Crippen LogP contribution in [-0.4, -0.2) is 48.7 Å². The van der Waals surface area contributed by atoms with E-state index < -0.39 is 10.0 Å². The van der Waals surface area contributed by atoms with Crippen LogP contribution in [0.3, 0.4) is 0 Å². The molecule has 39 heavy (non-hydrogen) atoms. The van der Waals surface area contributed by atoms with Crippen molar-refractivity contribution < 1.29 is 22.7 Å². The van der Waals surface area contributed by atoms with E-state index in [1.54, 1.807) is 36.4 Å². The minimum atomic E-state index is -3.67. The fourth-order valence-electron chi connectivity index (χ4n) is 5.05.